The third-order valence-corrected chi connectivity index (χ3v) is 5.74. The summed E-state index contributed by atoms with van der Waals surface area (Å²) in [6.45, 7) is 7.05. The maximum atomic E-state index is 13.3. The zero-order valence-electron chi connectivity index (χ0n) is 16.0. The number of benzene rings is 1. The molecule has 0 bridgehead atoms. The van der Waals surface area contributed by atoms with Gasteiger partial charge in [-0.3, -0.25) is 9.36 Å². The third-order valence-electron chi connectivity index (χ3n) is 3.61. The Kier molecular flexibility index (Phi) is 9.63. The number of carbonyl (C=O) groups excluding carboxylic acids is 1. The maximum absolute atomic E-state index is 13.3. The SMILES string of the molecule is CC/C(=C\CCP(=O)(N[C@@H](C)C(=O)OC(C)C)Oc1ccccc1)CO. The summed E-state index contributed by atoms with van der Waals surface area (Å²) in [4.78, 5) is 12.1. The van der Waals surface area contributed by atoms with Crippen LogP contribution in [0.2, 0.25) is 0 Å². The van der Waals surface area contributed by atoms with E-state index >= 15 is 0 Å². The van der Waals surface area contributed by atoms with Gasteiger partial charge in [0.15, 0.2) is 0 Å². The van der Waals surface area contributed by atoms with Crippen LogP contribution in [0.25, 0.3) is 0 Å². The van der Waals surface area contributed by atoms with Crippen LogP contribution in [0.4, 0.5) is 0 Å². The molecule has 2 atom stereocenters. The van der Waals surface area contributed by atoms with Crippen LogP contribution in [0.5, 0.6) is 5.75 Å². The Bertz CT molecular complexity index is 624. The maximum Gasteiger partial charge on any atom is 0.323 e. The van der Waals surface area contributed by atoms with Gasteiger partial charge < -0.3 is 14.4 Å². The predicted molar refractivity (Wildman–Crippen MR) is 103 cm³/mol. The van der Waals surface area contributed by atoms with Crippen LogP contribution >= 0.6 is 7.52 Å². The fourth-order valence-corrected chi connectivity index (χ4v) is 4.13. The molecule has 1 unspecified atom stereocenters. The molecule has 7 heteroatoms. The molecule has 6 nitrogen and oxygen atoms in total. The number of carbonyl (C=O) groups is 1. The van der Waals surface area contributed by atoms with E-state index in [4.69, 9.17) is 9.26 Å². The van der Waals surface area contributed by atoms with Gasteiger partial charge in [-0.1, -0.05) is 31.2 Å². The summed E-state index contributed by atoms with van der Waals surface area (Å²) >= 11 is 0. The van der Waals surface area contributed by atoms with E-state index in [0.29, 0.717) is 12.2 Å². The van der Waals surface area contributed by atoms with Crippen molar-refractivity contribution in [2.24, 2.45) is 0 Å². The van der Waals surface area contributed by atoms with Gasteiger partial charge in [0.05, 0.1) is 18.9 Å². The summed E-state index contributed by atoms with van der Waals surface area (Å²) in [7, 11) is -3.35. The molecule has 0 saturated heterocycles. The monoisotopic (exact) mass is 383 g/mol. The highest BCUT2D eigenvalue weighted by atomic mass is 31.2. The number of ether oxygens (including phenoxy) is 1. The van der Waals surface area contributed by atoms with Crippen LogP contribution in [-0.4, -0.2) is 36.0 Å². The molecule has 0 aliphatic rings. The van der Waals surface area contributed by atoms with Crippen molar-refractivity contribution in [3.05, 3.63) is 42.0 Å². The predicted octanol–water partition coefficient (Wildman–Crippen LogP) is 3.91. The molecule has 0 aromatic heterocycles. The topological polar surface area (TPSA) is 84.9 Å². The highest BCUT2D eigenvalue weighted by Gasteiger charge is 2.30. The number of nitrogens with one attached hydrogen (secondary N) is 1. The van der Waals surface area contributed by atoms with Gasteiger partial charge in [0.25, 0.3) is 0 Å². The lowest BCUT2D eigenvalue weighted by molar-refractivity contribution is -0.149. The number of hydrogen-bond donors (Lipinski definition) is 2. The number of para-hydroxylation sites is 1. The van der Waals surface area contributed by atoms with E-state index in [0.717, 1.165) is 12.0 Å². The van der Waals surface area contributed by atoms with E-state index in [1.54, 1.807) is 45.0 Å². The van der Waals surface area contributed by atoms with Crippen LogP contribution in [0.15, 0.2) is 42.0 Å². The summed E-state index contributed by atoms with van der Waals surface area (Å²) in [5.74, 6) is -0.00773. The number of esters is 1. The second kappa shape index (κ2) is 11.2. The van der Waals surface area contributed by atoms with Crippen LogP contribution < -0.4 is 9.61 Å². The van der Waals surface area contributed by atoms with E-state index in [-0.39, 0.29) is 18.9 Å². The molecule has 0 saturated carbocycles. The number of aliphatic hydroxyl groups excluding tert-OH is 1. The smallest absolute Gasteiger partial charge is 0.323 e. The van der Waals surface area contributed by atoms with E-state index in [2.05, 4.69) is 5.09 Å². The fourth-order valence-electron chi connectivity index (χ4n) is 2.23. The Labute approximate surface area is 156 Å². The number of aliphatic hydroxyl groups is 1. The Morgan fingerprint density at radius 3 is 2.46 bits per heavy atom. The summed E-state index contributed by atoms with van der Waals surface area (Å²) in [5, 5.41) is 12.1. The molecule has 2 N–H and O–H groups in total. The molecule has 1 rings (SSSR count). The van der Waals surface area contributed by atoms with Gasteiger partial charge in [-0.15, -0.1) is 0 Å². The van der Waals surface area contributed by atoms with Crippen molar-refractivity contribution in [1.82, 2.24) is 5.09 Å². The Morgan fingerprint density at radius 2 is 1.92 bits per heavy atom. The normalized spacial score (nSPS) is 15.4. The zero-order valence-corrected chi connectivity index (χ0v) is 16.9. The Balaban J connectivity index is 2.88. The number of rotatable bonds is 11. The van der Waals surface area contributed by atoms with Gasteiger partial charge in [-0.2, -0.15) is 0 Å². The first kappa shape index (κ1) is 22.4. The summed E-state index contributed by atoms with van der Waals surface area (Å²) < 4.78 is 24.2. The quantitative estimate of drug-likeness (QED) is 0.342. The van der Waals surface area contributed by atoms with Gasteiger partial charge >= 0.3 is 13.5 Å². The van der Waals surface area contributed by atoms with Gasteiger partial charge in [0.1, 0.15) is 11.8 Å². The molecule has 0 heterocycles. The highest BCUT2D eigenvalue weighted by molar-refractivity contribution is 7.57. The van der Waals surface area contributed by atoms with Crippen LogP contribution in [0, 0.1) is 0 Å². The molecule has 146 valence electrons. The summed E-state index contributed by atoms with van der Waals surface area (Å²) in [6, 6.07) is 8.08. The lowest BCUT2D eigenvalue weighted by Gasteiger charge is -2.24. The van der Waals surface area contributed by atoms with Crippen molar-refractivity contribution >= 4 is 13.5 Å². The standard InChI is InChI=1S/C19H30NO5P/c1-5-17(14-21)10-9-13-26(23,25-18-11-7-6-8-12-18)20-16(4)19(22)24-15(2)3/h6-8,10-12,15-16,21H,5,9,13-14H2,1-4H3,(H,20,23)/b17-10+/t16-,26?/m0/s1. The first-order valence-corrected chi connectivity index (χ1v) is 10.7. The molecule has 0 aliphatic carbocycles. The minimum absolute atomic E-state index is 0.0229. The molecule has 0 aliphatic heterocycles. The molecule has 0 fully saturated rings. The minimum Gasteiger partial charge on any atom is -0.462 e. The first-order valence-electron chi connectivity index (χ1n) is 8.90. The fraction of sp³-hybridized carbons (Fsp3) is 0.526. The van der Waals surface area contributed by atoms with Crippen molar-refractivity contribution < 1.29 is 23.7 Å². The summed E-state index contributed by atoms with van der Waals surface area (Å²) in [6.07, 6.45) is 3.00. The lowest BCUT2D eigenvalue weighted by Crippen LogP contribution is -2.36. The van der Waals surface area contributed by atoms with E-state index in [1.807, 2.05) is 19.1 Å². The van der Waals surface area contributed by atoms with Gasteiger partial charge in [0.2, 0.25) is 0 Å². The van der Waals surface area contributed by atoms with Crippen LogP contribution in [-0.2, 0) is 14.1 Å². The van der Waals surface area contributed by atoms with Gasteiger partial charge in [-0.25, -0.2) is 5.09 Å². The average Bonchev–Trinajstić information content (AvgIpc) is 2.59. The van der Waals surface area contributed by atoms with Crippen molar-refractivity contribution in [2.45, 2.75) is 52.7 Å². The first-order chi connectivity index (χ1) is 12.3. The summed E-state index contributed by atoms with van der Waals surface area (Å²) in [5.41, 5.74) is 0.878. The molecule has 0 radical (unpaired) electrons. The van der Waals surface area contributed by atoms with Crippen molar-refractivity contribution in [3.8, 4) is 5.75 Å². The van der Waals surface area contributed by atoms with Gasteiger partial charge in [-0.05, 0) is 51.3 Å². The van der Waals surface area contributed by atoms with E-state index < -0.39 is 19.5 Å². The zero-order chi connectivity index (χ0) is 19.6. The molecule has 1 aromatic rings. The third kappa shape index (κ3) is 8.17. The van der Waals surface area contributed by atoms with Crippen LogP contribution in [0.3, 0.4) is 0 Å². The molecule has 1 aromatic carbocycles. The molecule has 26 heavy (non-hydrogen) atoms. The average molecular weight is 383 g/mol. The van der Waals surface area contributed by atoms with E-state index in [9.17, 15) is 14.5 Å². The van der Waals surface area contributed by atoms with Crippen molar-refractivity contribution in [2.75, 3.05) is 12.8 Å². The van der Waals surface area contributed by atoms with Crippen molar-refractivity contribution in [3.63, 3.8) is 0 Å². The highest BCUT2D eigenvalue weighted by Crippen LogP contribution is 2.44. The van der Waals surface area contributed by atoms with Crippen molar-refractivity contribution in [1.29, 1.82) is 0 Å². The molecule has 0 amide bonds. The second-order valence-electron chi connectivity index (χ2n) is 6.30. The van der Waals surface area contributed by atoms with Gasteiger partial charge in [0, 0.05) is 0 Å². The largest absolute Gasteiger partial charge is 0.462 e. The number of allylic oxidation sites excluding steroid dienone is 1. The molecular weight excluding hydrogens is 353 g/mol. The minimum atomic E-state index is -3.35. The molecule has 0 spiro atoms. The number of hydrogen-bond acceptors (Lipinski definition) is 5. The Morgan fingerprint density at radius 1 is 1.27 bits per heavy atom. The van der Waals surface area contributed by atoms with E-state index in [1.165, 1.54) is 0 Å². The Hall–Kier alpha value is -1.62. The lowest BCUT2D eigenvalue weighted by atomic mass is 10.2. The molecular formula is C19H30NO5P. The second-order valence-corrected chi connectivity index (χ2v) is 8.54. The van der Waals surface area contributed by atoms with Crippen LogP contribution in [0.1, 0.15) is 40.5 Å².